The van der Waals surface area contributed by atoms with E-state index in [1.165, 1.54) is 11.6 Å². The van der Waals surface area contributed by atoms with Crippen LogP contribution in [0.2, 0.25) is 0 Å². The molecule has 7 aromatic rings. The Morgan fingerprint density at radius 1 is 0.317 bits per heavy atom. The third kappa shape index (κ3) is 7.15. The van der Waals surface area contributed by atoms with Gasteiger partial charge in [-0.05, 0) is 18.2 Å². The molecule has 1 nitrogen and oxygen atoms in total. The van der Waals surface area contributed by atoms with E-state index < -0.39 is 144 Å². The number of halogens is 21. The maximum Gasteiger partial charge on any atom is 0.212 e. The normalized spacial score (nSPS) is 11.6. The van der Waals surface area contributed by atoms with Gasteiger partial charge in [-0.3, -0.25) is 0 Å². The topological polar surface area (TPSA) is 3.88 Å². The molecule has 0 N–H and O–H groups in total. The first-order chi connectivity index (χ1) is 29.5. The van der Waals surface area contributed by atoms with Crippen LogP contribution in [0.25, 0.3) is 10.9 Å². The molecule has 1 aromatic heterocycles. The molecule has 328 valence electrons. The third-order valence-electron chi connectivity index (χ3n) is 9.74. The van der Waals surface area contributed by atoms with Crippen LogP contribution in [0.15, 0.2) is 66.9 Å². The summed E-state index contributed by atoms with van der Waals surface area (Å²) in [6.07, 6.45) is -5.20. The van der Waals surface area contributed by atoms with Gasteiger partial charge in [-0.1, -0.05) is 30.3 Å². The van der Waals surface area contributed by atoms with E-state index in [-0.39, 0.29) is 5.82 Å². The van der Waals surface area contributed by atoms with Crippen LogP contribution < -0.4 is 26.4 Å². The summed E-state index contributed by atoms with van der Waals surface area (Å²) in [5, 5.41) is 0.924. The van der Waals surface area contributed by atoms with Gasteiger partial charge in [-0.15, -0.1) is 21.9 Å². The molecule has 23 heteroatoms. The van der Waals surface area contributed by atoms with Crippen LogP contribution in [0, 0.1) is 122 Å². The number of rotatable bonds is 6. The molecule has 0 bridgehead atoms. The molecule has 0 radical (unpaired) electrons. The van der Waals surface area contributed by atoms with Crippen molar-refractivity contribution in [2.75, 3.05) is 0 Å². The lowest BCUT2D eigenvalue weighted by Gasteiger charge is -2.44. The summed E-state index contributed by atoms with van der Waals surface area (Å²) in [7, 11) is 0. The van der Waals surface area contributed by atoms with Crippen molar-refractivity contribution in [2.24, 2.45) is 0 Å². The van der Waals surface area contributed by atoms with Crippen molar-refractivity contribution in [3.8, 4) is 0 Å². The second-order valence-corrected chi connectivity index (χ2v) is 13.1. The van der Waals surface area contributed by atoms with Gasteiger partial charge in [-0.25, -0.2) is 92.2 Å². The van der Waals surface area contributed by atoms with Crippen molar-refractivity contribution >= 4 is 38.9 Å². The quantitative estimate of drug-likeness (QED) is 0.0516. The van der Waals surface area contributed by atoms with Gasteiger partial charge in [0, 0.05) is 23.1 Å². The first-order valence-corrected chi connectivity index (χ1v) is 16.9. The predicted octanol–water partition coefficient (Wildman–Crippen LogP) is 9.16. The molecular formula is C40H13BF21N. The Hall–Kier alpha value is -6.68. The zero-order valence-corrected chi connectivity index (χ0v) is 30.0. The van der Waals surface area contributed by atoms with Crippen molar-refractivity contribution in [3.05, 3.63) is 195 Å². The molecule has 6 aromatic carbocycles. The Morgan fingerprint density at radius 3 is 0.937 bits per heavy atom. The van der Waals surface area contributed by atoms with E-state index in [1.807, 2.05) is 42.6 Å². The lowest BCUT2D eigenvalue weighted by Crippen LogP contribution is -2.81. The van der Waals surface area contributed by atoms with Crippen LogP contribution >= 0.6 is 0 Å². The molecule has 0 amide bonds. The van der Waals surface area contributed by atoms with E-state index in [1.54, 1.807) is 6.07 Å². The van der Waals surface area contributed by atoms with E-state index in [0.717, 1.165) is 17.4 Å². The second-order valence-electron chi connectivity index (χ2n) is 13.1. The smallest absolute Gasteiger partial charge is 0.207 e. The molecular weight excluding hydrogens is 904 g/mol. The van der Waals surface area contributed by atoms with Crippen LogP contribution in [0.5, 0.6) is 0 Å². The second kappa shape index (κ2) is 16.9. The van der Waals surface area contributed by atoms with Crippen molar-refractivity contribution < 1.29 is 96.8 Å². The first kappa shape index (κ1) is 45.8. The highest BCUT2D eigenvalue weighted by Gasteiger charge is 2.52. The van der Waals surface area contributed by atoms with E-state index in [0.29, 0.717) is 0 Å². The highest BCUT2D eigenvalue weighted by molar-refractivity contribution is 7.20. The SMILES string of the molecule is Fc1c(F)c(F)c([B-](c2c(F)c(F)c(F)c(F)c2F)(c2c(F)c(F)c(F)c(F)c2F)c2c(F)c(F)c(F)c(F)c2F)c(F)c1F.Fc1ccc2c(ccc[n+]2Cc2ccccc2)c1. The molecule has 0 fully saturated rings. The van der Waals surface area contributed by atoms with Crippen LogP contribution in [0.1, 0.15) is 5.56 Å². The molecule has 0 unspecified atom stereocenters. The number of benzene rings is 6. The van der Waals surface area contributed by atoms with Crippen molar-refractivity contribution in [3.63, 3.8) is 0 Å². The standard InChI is InChI=1S/C24BF20.C16H13FN/c26-5-1(6(27)14(35)21(42)13(5)34)25(2-7(28)15(36)22(43)16(37)8(2)29,3-9(30)17(38)23(44)18(39)10(3)31)4-11(32)19(40)24(45)20(41)12(4)33;17-15-8-9-16-14(11-15)7-4-10-18(16)12-13-5-2-1-3-6-13/h;1-11H,12H2/q-1;+1. The van der Waals surface area contributed by atoms with E-state index in [4.69, 9.17) is 0 Å². The van der Waals surface area contributed by atoms with Crippen molar-refractivity contribution in [1.82, 2.24) is 0 Å². The minimum Gasteiger partial charge on any atom is -0.207 e. The van der Waals surface area contributed by atoms with Gasteiger partial charge in [0.15, 0.2) is 82.5 Å². The zero-order chi connectivity index (χ0) is 46.7. The number of pyridine rings is 1. The Kier molecular flexibility index (Phi) is 12.3. The van der Waals surface area contributed by atoms with Crippen LogP contribution in [-0.2, 0) is 6.54 Å². The highest BCUT2D eigenvalue weighted by atomic mass is 19.2. The van der Waals surface area contributed by atoms with Crippen LogP contribution in [0.4, 0.5) is 92.2 Å². The average Bonchev–Trinajstić information content (AvgIpc) is 3.26. The third-order valence-corrected chi connectivity index (χ3v) is 9.74. The monoisotopic (exact) mass is 917 g/mol. The fourth-order valence-electron chi connectivity index (χ4n) is 7.04. The van der Waals surface area contributed by atoms with E-state index in [2.05, 4.69) is 16.7 Å². The molecule has 0 atom stereocenters. The van der Waals surface area contributed by atoms with Gasteiger partial charge in [-0.2, -0.15) is 4.57 Å². The van der Waals surface area contributed by atoms with Crippen molar-refractivity contribution in [1.29, 1.82) is 0 Å². The minimum absolute atomic E-state index is 0.194. The minimum atomic E-state index is -7.22. The maximum absolute atomic E-state index is 15.4. The maximum atomic E-state index is 15.4. The Morgan fingerprint density at radius 2 is 0.619 bits per heavy atom. The molecule has 0 aliphatic carbocycles. The summed E-state index contributed by atoms with van der Waals surface area (Å²) < 4.78 is 309. The zero-order valence-electron chi connectivity index (χ0n) is 30.0. The Balaban J connectivity index is 0.000000302. The Bertz CT molecular complexity index is 2610. The summed E-state index contributed by atoms with van der Waals surface area (Å²) in [4.78, 5) is 0. The summed E-state index contributed by atoms with van der Waals surface area (Å²) in [6.45, 7) is 0.795. The first-order valence-electron chi connectivity index (χ1n) is 16.9. The molecule has 1 heterocycles. The molecule has 0 spiro atoms. The summed E-state index contributed by atoms with van der Waals surface area (Å²) in [6, 6.07) is 19.0. The van der Waals surface area contributed by atoms with E-state index >= 15 is 35.1 Å². The number of aromatic nitrogens is 1. The number of hydrogen-bond acceptors (Lipinski definition) is 0. The number of fused-ring (bicyclic) bond motifs is 1. The molecule has 63 heavy (non-hydrogen) atoms. The fraction of sp³-hybridized carbons (Fsp3) is 0.0250. The van der Waals surface area contributed by atoms with Gasteiger partial charge < -0.3 is 0 Å². The van der Waals surface area contributed by atoms with Crippen LogP contribution in [-0.4, -0.2) is 6.15 Å². The van der Waals surface area contributed by atoms with Gasteiger partial charge in [0.2, 0.25) is 5.52 Å². The summed E-state index contributed by atoms with van der Waals surface area (Å²) >= 11 is 0. The van der Waals surface area contributed by atoms with Gasteiger partial charge >= 0.3 is 0 Å². The fourth-order valence-corrected chi connectivity index (χ4v) is 7.04. The summed E-state index contributed by atoms with van der Waals surface area (Å²) in [5.74, 6) is -71.6. The molecule has 7 rings (SSSR count). The van der Waals surface area contributed by atoms with Gasteiger partial charge in [0.05, 0.1) is 0 Å². The lowest BCUT2D eigenvalue weighted by atomic mass is 9.12. The molecule has 0 aliphatic rings. The van der Waals surface area contributed by atoms with Gasteiger partial charge in [0.1, 0.15) is 58.5 Å². The predicted molar refractivity (Wildman–Crippen MR) is 179 cm³/mol. The number of nitrogens with zero attached hydrogens (tertiary/aromatic N) is 1. The molecule has 0 aliphatic heterocycles. The number of hydrogen-bond donors (Lipinski definition) is 0. The average molecular weight is 917 g/mol. The highest BCUT2D eigenvalue weighted by Crippen LogP contribution is 2.31. The largest absolute Gasteiger partial charge is 0.212 e. The van der Waals surface area contributed by atoms with Gasteiger partial charge in [0.25, 0.3) is 0 Å². The Labute approximate surface area is 336 Å². The van der Waals surface area contributed by atoms with Crippen molar-refractivity contribution in [2.45, 2.75) is 6.54 Å². The van der Waals surface area contributed by atoms with E-state index in [9.17, 15) is 57.1 Å². The molecule has 0 saturated carbocycles. The molecule has 0 saturated heterocycles. The lowest BCUT2D eigenvalue weighted by molar-refractivity contribution is -0.662. The van der Waals surface area contributed by atoms with Crippen LogP contribution in [0.3, 0.4) is 0 Å². The summed E-state index contributed by atoms with van der Waals surface area (Å²) in [5.41, 5.74) is -12.0.